The molecule has 9 heteroatoms. The van der Waals surface area contributed by atoms with Crippen LogP contribution in [0.2, 0.25) is 0 Å². The maximum absolute atomic E-state index is 13.0. The van der Waals surface area contributed by atoms with Crippen LogP contribution in [0.25, 0.3) is 0 Å². The quantitative estimate of drug-likeness (QED) is 0.0243. The number of nitrogens with zero attached hydrogens (tertiary/aromatic N) is 1. The van der Waals surface area contributed by atoms with Crippen LogP contribution in [0.1, 0.15) is 303 Å². The summed E-state index contributed by atoms with van der Waals surface area (Å²) in [5.74, 6) is -0.141. The van der Waals surface area contributed by atoms with Crippen molar-refractivity contribution >= 4 is 13.7 Å². The van der Waals surface area contributed by atoms with E-state index in [2.05, 4.69) is 67.8 Å². The van der Waals surface area contributed by atoms with Crippen molar-refractivity contribution in [3.63, 3.8) is 0 Å². The number of carbonyl (C=O) groups is 1. The van der Waals surface area contributed by atoms with Crippen molar-refractivity contribution < 1.29 is 32.9 Å². The van der Waals surface area contributed by atoms with Crippen LogP contribution < -0.4 is 5.32 Å². The number of nitrogens with one attached hydrogen (secondary N) is 1. The highest BCUT2D eigenvalue weighted by molar-refractivity contribution is 7.47. The number of quaternary nitrogens is 1. The molecule has 0 bridgehead atoms. The smallest absolute Gasteiger partial charge is 0.391 e. The maximum atomic E-state index is 13.0. The number of hydrogen-bond acceptors (Lipinski definition) is 5. The topological polar surface area (TPSA) is 105 Å². The van der Waals surface area contributed by atoms with Gasteiger partial charge in [-0.25, -0.2) is 4.57 Å². The molecule has 0 radical (unpaired) electrons. The van der Waals surface area contributed by atoms with E-state index in [-0.39, 0.29) is 19.1 Å². The molecule has 0 aromatic rings. The number of aliphatic hydroxyl groups is 1. The van der Waals surface area contributed by atoms with Crippen molar-refractivity contribution in [3.8, 4) is 0 Å². The average molecular weight is 1050 g/mol. The van der Waals surface area contributed by atoms with E-state index in [1.165, 1.54) is 212 Å². The lowest BCUT2D eigenvalue weighted by Gasteiger charge is -2.26. The van der Waals surface area contributed by atoms with Crippen molar-refractivity contribution in [1.82, 2.24) is 5.32 Å². The Balaban J connectivity index is 4.08. The minimum atomic E-state index is -4.33. The first-order valence-electron chi connectivity index (χ1n) is 31.5. The molecule has 3 unspecified atom stereocenters. The number of phosphoric ester groups is 1. The molecule has 1 amide bonds. The van der Waals surface area contributed by atoms with Crippen LogP contribution in [0.15, 0.2) is 48.6 Å². The fourth-order valence-electron chi connectivity index (χ4n) is 9.45. The van der Waals surface area contributed by atoms with Crippen LogP contribution in [-0.4, -0.2) is 73.4 Å². The van der Waals surface area contributed by atoms with Gasteiger partial charge in [-0.1, -0.05) is 294 Å². The number of amides is 1. The number of rotatable bonds is 58. The number of aliphatic hydroxyl groups excluding tert-OH is 1. The summed E-state index contributed by atoms with van der Waals surface area (Å²) in [4.78, 5) is 23.4. The first kappa shape index (κ1) is 71.5. The van der Waals surface area contributed by atoms with E-state index in [0.717, 1.165) is 64.2 Å². The zero-order valence-corrected chi connectivity index (χ0v) is 50.0. The molecule has 3 atom stereocenters. The van der Waals surface area contributed by atoms with Gasteiger partial charge in [0.25, 0.3) is 0 Å². The monoisotopic (exact) mass is 1050 g/mol. The third kappa shape index (κ3) is 58.0. The molecule has 0 aromatic carbocycles. The Hall–Kier alpha value is -1.54. The highest BCUT2D eigenvalue weighted by atomic mass is 31.2. The molecule has 0 aliphatic heterocycles. The lowest BCUT2D eigenvalue weighted by molar-refractivity contribution is -0.870. The fourth-order valence-corrected chi connectivity index (χ4v) is 10.2. The van der Waals surface area contributed by atoms with Gasteiger partial charge in [0.15, 0.2) is 0 Å². The normalized spacial score (nSPS) is 14.1. The first-order chi connectivity index (χ1) is 35.5. The van der Waals surface area contributed by atoms with E-state index in [1.807, 2.05) is 21.1 Å². The van der Waals surface area contributed by atoms with Crippen molar-refractivity contribution in [2.24, 2.45) is 0 Å². The molecular weight excluding hydrogens is 924 g/mol. The van der Waals surface area contributed by atoms with Gasteiger partial charge in [0, 0.05) is 6.42 Å². The number of allylic oxidation sites excluding steroid dienone is 8. The Morgan fingerprint density at radius 3 is 1.21 bits per heavy atom. The molecular formula is C64H124N2O6P+. The Labute approximate surface area is 454 Å². The summed E-state index contributed by atoms with van der Waals surface area (Å²) in [6.45, 7) is 4.82. The zero-order valence-electron chi connectivity index (χ0n) is 49.1. The molecule has 0 aliphatic rings. The van der Waals surface area contributed by atoms with Gasteiger partial charge in [0.05, 0.1) is 39.9 Å². The van der Waals surface area contributed by atoms with Crippen molar-refractivity contribution in [1.29, 1.82) is 0 Å². The maximum Gasteiger partial charge on any atom is 0.472 e. The SMILES string of the molecule is CC/C=C\C/C=C\C/C=C\C/C=C\CCCCCCCCCCCCCCCCCCC(=O)NC(COP(=O)(O)OCC[N+](C)(C)C)C(O)CCCCCCCCCCCCCCCCCCCCCCCC. The summed E-state index contributed by atoms with van der Waals surface area (Å²) in [5.41, 5.74) is 0. The van der Waals surface area contributed by atoms with Crippen LogP contribution in [0.5, 0.6) is 0 Å². The van der Waals surface area contributed by atoms with Crippen LogP contribution in [0.3, 0.4) is 0 Å². The minimum Gasteiger partial charge on any atom is -0.391 e. The largest absolute Gasteiger partial charge is 0.472 e. The first-order valence-corrected chi connectivity index (χ1v) is 33.0. The Morgan fingerprint density at radius 1 is 0.479 bits per heavy atom. The molecule has 8 nitrogen and oxygen atoms in total. The minimum absolute atomic E-state index is 0.0753. The van der Waals surface area contributed by atoms with Gasteiger partial charge < -0.3 is 19.8 Å². The zero-order chi connectivity index (χ0) is 53.5. The number of phosphoric acid groups is 1. The molecule has 73 heavy (non-hydrogen) atoms. The molecule has 0 saturated carbocycles. The Kier molecular flexibility index (Phi) is 54.1. The fraction of sp³-hybridized carbons (Fsp3) is 0.859. The van der Waals surface area contributed by atoms with E-state index in [9.17, 15) is 19.4 Å². The van der Waals surface area contributed by atoms with Crippen molar-refractivity contribution in [2.75, 3.05) is 40.9 Å². The van der Waals surface area contributed by atoms with Crippen LogP contribution in [0.4, 0.5) is 0 Å². The number of likely N-dealkylation sites (N-methyl/N-ethyl adjacent to an activating group) is 1. The van der Waals surface area contributed by atoms with Crippen molar-refractivity contribution in [3.05, 3.63) is 48.6 Å². The number of hydrogen-bond donors (Lipinski definition) is 3. The lowest BCUT2D eigenvalue weighted by Crippen LogP contribution is -2.46. The standard InChI is InChI=1S/C64H123N2O6P/c1-6-8-10-12-14-16-18-20-22-24-26-28-30-31-32-33-34-35-36-38-40-42-44-46-48-50-52-54-56-58-64(68)65-62(61-72-73(69,70)71-60-59-66(3,4)5)63(67)57-55-53-51-49-47-45-43-41-39-37-29-27-25-23-21-19-17-15-13-11-9-7-2/h8,10,14,16,20,22,26,28,62-63,67H,6-7,9,11-13,15,17-19,21,23-25,27,29-61H2,1-5H3,(H-,65,68,69,70)/p+1/b10-8-,16-14-,22-20-,28-26-. The summed E-state index contributed by atoms with van der Waals surface area (Å²) in [6.07, 6.45) is 73.2. The second kappa shape index (κ2) is 55.2. The van der Waals surface area contributed by atoms with Gasteiger partial charge in [-0.2, -0.15) is 0 Å². The average Bonchev–Trinajstić information content (AvgIpc) is 3.35. The molecule has 0 rings (SSSR count). The van der Waals surface area contributed by atoms with Crippen LogP contribution in [0, 0.1) is 0 Å². The summed E-state index contributed by atoms with van der Waals surface area (Å²) < 4.78 is 23.8. The van der Waals surface area contributed by atoms with E-state index >= 15 is 0 Å². The lowest BCUT2D eigenvalue weighted by atomic mass is 10.0. The summed E-state index contributed by atoms with van der Waals surface area (Å²) >= 11 is 0. The highest BCUT2D eigenvalue weighted by Crippen LogP contribution is 2.43. The third-order valence-electron chi connectivity index (χ3n) is 14.3. The van der Waals surface area contributed by atoms with Crippen molar-refractivity contribution in [2.45, 2.75) is 315 Å². The van der Waals surface area contributed by atoms with Gasteiger partial charge in [0.2, 0.25) is 5.91 Å². The molecule has 430 valence electrons. The second-order valence-corrected chi connectivity index (χ2v) is 24.2. The molecule has 0 spiro atoms. The summed E-state index contributed by atoms with van der Waals surface area (Å²) in [6, 6.07) is -0.762. The molecule has 0 heterocycles. The second-order valence-electron chi connectivity index (χ2n) is 22.8. The summed E-state index contributed by atoms with van der Waals surface area (Å²) in [5, 5.41) is 14.1. The van der Waals surface area contributed by atoms with E-state index < -0.39 is 20.0 Å². The van der Waals surface area contributed by atoms with E-state index in [4.69, 9.17) is 9.05 Å². The van der Waals surface area contributed by atoms with Gasteiger partial charge in [-0.3, -0.25) is 13.8 Å². The molecule has 0 fully saturated rings. The van der Waals surface area contributed by atoms with Gasteiger partial charge >= 0.3 is 7.82 Å². The predicted molar refractivity (Wildman–Crippen MR) is 318 cm³/mol. The van der Waals surface area contributed by atoms with E-state index in [1.54, 1.807) is 0 Å². The summed E-state index contributed by atoms with van der Waals surface area (Å²) in [7, 11) is 1.63. The van der Waals surface area contributed by atoms with Crippen LogP contribution >= 0.6 is 7.82 Å². The van der Waals surface area contributed by atoms with Gasteiger partial charge in [0.1, 0.15) is 13.2 Å². The van der Waals surface area contributed by atoms with E-state index in [0.29, 0.717) is 23.9 Å². The Morgan fingerprint density at radius 2 is 0.822 bits per heavy atom. The Bertz CT molecular complexity index is 1330. The highest BCUT2D eigenvalue weighted by Gasteiger charge is 2.28. The molecule has 0 saturated heterocycles. The van der Waals surface area contributed by atoms with Crippen LogP contribution in [-0.2, 0) is 18.4 Å². The molecule has 0 aliphatic carbocycles. The van der Waals surface area contributed by atoms with Gasteiger partial charge in [-0.15, -0.1) is 0 Å². The number of unbranched alkanes of at least 4 members (excludes halogenated alkanes) is 37. The third-order valence-corrected chi connectivity index (χ3v) is 15.3. The molecule has 3 N–H and O–H groups in total. The molecule has 0 aromatic heterocycles. The predicted octanol–water partition coefficient (Wildman–Crippen LogP) is 19.5. The van der Waals surface area contributed by atoms with Gasteiger partial charge in [-0.05, 0) is 51.4 Å². The number of carbonyl (C=O) groups excluding carboxylic acids is 1.